The van der Waals surface area contributed by atoms with Crippen molar-refractivity contribution in [1.82, 2.24) is 10.5 Å². The van der Waals surface area contributed by atoms with Crippen molar-refractivity contribution in [1.29, 1.82) is 0 Å². The highest BCUT2D eigenvalue weighted by Crippen LogP contribution is 2.66. The van der Waals surface area contributed by atoms with E-state index in [0.29, 0.717) is 12.0 Å². The van der Waals surface area contributed by atoms with Gasteiger partial charge in [-0.3, -0.25) is 4.79 Å². The van der Waals surface area contributed by atoms with E-state index >= 15 is 0 Å². The molecule has 0 aromatic carbocycles. The molecule has 1 aromatic rings. The average Bonchev–Trinajstić information content (AvgIpc) is 2.78. The summed E-state index contributed by atoms with van der Waals surface area (Å²) in [7, 11) is 0. The number of carboxylic acid groups (broad SMARTS) is 1. The standard InChI is InChI=1S/C13H13F3N2O4/c14-13(15,16)9-1-7(18-22-9)10(19)17-8(11(20)21)5-12-2-6(3-12)4-12/h1,6,8H,2-5H2,(H,17,19)(H,20,21). The Morgan fingerprint density at radius 3 is 2.50 bits per heavy atom. The van der Waals surface area contributed by atoms with Crippen LogP contribution in [0.3, 0.4) is 0 Å². The van der Waals surface area contributed by atoms with E-state index in [1.165, 1.54) is 0 Å². The predicted molar refractivity (Wildman–Crippen MR) is 64.8 cm³/mol. The lowest BCUT2D eigenvalue weighted by atomic mass is 9.43. The number of hydrogen-bond acceptors (Lipinski definition) is 4. The molecule has 0 saturated heterocycles. The fourth-order valence-electron chi connectivity index (χ4n) is 3.29. The highest BCUT2D eigenvalue weighted by atomic mass is 19.4. The highest BCUT2D eigenvalue weighted by molar-refractivity contribution is 5.94. The zero-order valence-corrected chi connectivity index (χ0v) is 11.3. The third-order valence-corrected chi connectivity index (χ3v) is 4.43. The first-order valence-corrected chi connectivity index (χ1v) is 6.76. The molecule has 9 heteroatoms. The number of aromatic nitrogens is 1. The number of rotatable bonds is 5. The minimum absolute atomic E-state index is 0.0258. The molecule has 1 aromatic heterocycles. The van der Waals surface area contributed by atoms with Gasteiger partial charge in [-0.05, 0) is 37.0 Å². The van der Waals surface area contributed by atoms with Crippen LogP contribution in [0.5, 0.6) is 0 Å². The minimum atomic E-state index is -4.75. The summed E-state index contributed by atoms with van der Waals surface area (Å²) in [6, 6.07) is -0.685. The molecule has 1 atom stereocenters. The Hall–Kier alpha value is -2.06. The van der Waals surface area contributed by atoms with Crippen LogP contribution in [0.1, 0.15) is 41.9 Å². The number of aliphatic carboxylic acids is 1. The summed E-state index contributed by atoms with van der Waals surface area (Å²) in [5.74, 6) is -2.94. The van der Waals surface area contributed by atoms with Crippen molar-refractivity contribution in [2.45, 2.75) is 37.9 Å². The van der Waals surface area contributed by atoms with E-state index in [-0.39, 0.29) is 11.8 Å². The van der Waals surface area contributed by atoms with E-state index < -0.39 is 35.5 Å². The Bertz CT molecular complexity index is 608. The van der Waals surface area contributed by atoms with E-state index in [9.17, 15) is 22.8 Å². The Morgan fingerprint density at radius 2 is 2.09 bits per heavy atom. The van der Waals surface area contributed by atoms with Crippen LogP contribution < -0.4 is 5.32 Å². The molecule has 6 nitrogen and oxygen atoms in total. The quantitative estimate of drug-likeness (QED) is 0.867. The van der Waals surface area contributed by atoms with E-state index in [2.05, 4.69) is 15.0 Å². The first-order chi connectivity index (χ1) is 10.2. The third kappa shape index (κ3) is 2.55. The molecule has 3 aliphatic rings. The number of alkyl halides is 3. The molecule has 3 aliphatic carbocycles. The summed E-state index contributed by atoms with van der Waals surface area (Å²) in [6.07, 6.45) is -1.60. The van der Waals surface area contributed by atoms with Gasteiger partial charge in [-0.25, -0.2) is 4.79 Å². The molecule has 2 N–H and O–H groups in total. The van der Waals surface area contributed by atoms with Gasteiger partial charge in [0.15, 0.2) is 5.69 Å². The lowest BCUT2D eigenvalue weighted by Crippen LogP contribution is -2.56. The molecular weight excluding hydrogens is 305 g/mol. The predicted octanol–water partition coefficient (Wildman–Crippen LogP) is 2.07. The second kappa shape index (κ2) is 4.72. The van der Waals surface area contributed by atoms with Gasteiger partial charge in [0.25, 0.3) is 5.91 Å². The zero-order valence-electron chi connectivity index (χ0n) is 11.3. The van der Waals surface area contributed by atoms with Crippen molar-refractivity contribution < 1.29 is 32.4 Å². The molecule has 120 valence electrons. The highest BCUT2D eigenvalue weighted by Gasteiger charge is 2.57. The SMILES string of the molecule is O=C(NC(CC12CC(C1)C2)C(=O)O)c1cc(C(F)(F)F)on1. The number of nitrogens with one attached hydrogen (secondary N) is 1. The zero-order chi connectivity index (χ0) is 16.1. The molecule has 0 aliphatic heterocycles. The number of halogens is 3. The van der Waals surface area contributed by atoms with Crippen LogP contribution in [0.2, 0.25) is 0 Å². The van der Waals surface area contributed by atoms with E-state index in [1.807, 2.05) is 0 Å². The van der Waals surface area contributed by atoms with Gasteiger partial charge in [0.05, 0.1) is 0 Å². The topological polar surface area (TPSA) is 92.4 Å². The molecule has 3 saturated carbocycles. The van der Waals surface area contributed by atoms with E-state index in [0.717, 1.165) is 19.3 Å². The Labute approximate surface area is 122 Å². The fraction of sp³-hybridized carbons (Fsp3) is 0.615. The van der Waals surface area contributed by atoms with Gasteiger partial charge in [0, 0.05) is 6.07 Å². The van der Waals surface area contributed by atoms with Crippen LogP contribution >= 0.6 is 0 Å². The maximum Gasteiger partial charge on any atom is 0.452 e. The summed E-state index contributed by atoms with van der Waals surface area (Å²) in [5, 5.41) is 14.4. The van der Waals surface area contributed by atoms with Crippen LogP contribution in [0.25, 0.3) is 0 Å². The Kier molecular flexibility index (Phi) is 3.19. The van der Waals surface area contributed by atoms with Crippen molar-refractivity contribution >= 4 is 11.9 Å². The van der Waals surface area contributed by atoms with Crippen LogP contribution in [-0.4, -0.2) is 28.2 Å². The lowest BCUT2D eigenvalue weighted by Gasteiger charge is -2.62. The van der Waals surface area contributed by atoms with Gasteiger partial charge in [-0.2, -0.15) is 13.2 Å². The molecule has 1 heterocycles. The molecule has 3 fully saturated rings. The summed E-state index contributed by atoms with van der Waals surface area (Å²) in [6.45, 7) is 0. The van der Waals surface area contributed by atoms with Gasteiger partial charge in [0.2, 0.25) is 5.76 Å². The van der Waals surface area contributed by atoms with E-state index in [4.69, 9.17) is 5.11 Å². The molecular formula is C13H13F3N2O4. The maximum absolute atomic E-state index is 12.4. The number of carboxylic acids is 1. The van der Waals surface area contributed by atoms with Gasteiger partial charge in [0.1, 0.15) is 6.04 Å². The van der Waals surface area contributed by atoms with Crippen LogP contribution in [-0.2, 0) is 11.0 Å². The van der Waals surface area contributed by atoms with Crippen molar-refractivity contribution in [3.63, 3.8) is 0 Å². The smallest absolute Gasteiger partial charge is 0.452 e. The largest absolute Gasteiger partial charge is 0.480 e. The number of nitrogens with zero attached hydrogens (tertiary/aromatic N) is 1. The fourth-order valence-corrected chi connectivity index (χ4v) is 3.29. The molecule has 1 unspecified atom stereocenters. The first-order valence-electron chi connectivity index (χ1n) is 6.76. The van der Waals surface area contributed by atoms with Gasteiger partial charge in [-0.1, -0.05) is 5.16 Å². The summed E-state index contributed by atoms with van der Waals surface area (Å²) < 4.78 is 41.2. The van der Waals surface area contributed by atoms with Crippen molar-refractivity contribution in [2.24, 2.45) is 11.3 Å². The van der Waals surface area contributed by atoms with Gasteiger partial charge >= 0.3 is 12.1 Å². The molecule has 4 rings (SSSR count). The normalized spacial score (nSPS) is 27.5. The van der Waals surface area contributed by atoms with Crippen LogP contribution in [0.15, 0.2) is 10.6 Å². The molecule has 2 bridgehead atoms. The van der Waals surface area contributed by atoms with Crippen molar-refractivity contribution in [2.75, 3.05) is 0 Å². The minimum Gasteiger partial charge on any atom is -0.480 e. The van der Waals surface area contributed by atoms with Crippen LogP contribution in [0.4, 0.5) is 13.2 Å². The van der Waals surface area contributed by atoms with Crippen LogP contribution in [0, 0.1) is 11.3 Å². The summed E-state index contributed by atoms with van der Waals surface area (Å²) in [4.78, 5) is 23.1. The number of carbonyl (C=O) groups excluding carboxylic acids is 1. The molecule has 22 heavy (non-hydrogen) atoms. The first kappa shape index (κ1) is 14.9. The monoisotopic (exact) mass is 318 g/mol. The molecule has 0 radical (unpaired) electrons. The third-order valence-electron chi connectivity index (χ3n) is 4.43. The maximum atomic E-state index is 12.4. The number of amides is 1. The Morgan fingerprint density at radius 1 is 1.45 bits per heavy atom. The Balaban J connectivity index is 1.65. The second-order valence-corrected chi connectivity index (χ2v) is 6.12. The molecule has 0 spiro atoms. The number of carbonyl (C=O) groups is 2. The average molecular weight is 318 g/mol. The lowest BCUT2D eigenvalue weighted by molar-refractivity contribution is -0.155. The van der Waals surface area contributed by atoms with Crippen molar-refractivity contribution in [3.05, 3.63) is 17.5 Å². The summed E-state index contributed by atoms with van der Waals surface area (Å²) in [5.41, 5.74) is -0.613. The van der Waals surface area contributed by atoms with Gasteiger partial charge in [-0.15, -0.1) is 0 Å². The molecule has 1 amide bonds. The van der Waals surface area contributed by atoms with Gasteiger partial charge < -0.3 is 14.9 Å². The number of hydrogen-bond donors (Lipinski definition) is 2. The van der Waals surface area contributed by atoms with E-state index in [1.54, 1.807) is 0 Å². The summed E-state index contributed by atoms with van der Waals surface area (Å²) >= 11 is 0. The second-order valence-electron chi connectivity index (χ2n) is 6.12. The van der Waals surface area contributed by atoms with Crippen molar-refractivity contribution in [3.8, 4) is 0 Å².